The number of rotatable bonds is 7. The van der Waals surface area contributed by atoms with Gasteiger partial charge in [-0.1, -0.05) is 0 Å². The van der Waals surface area contributed by atoms with Crippen molar-refractivity contribution in [3.05, 3.63) is 29.8 Å². The number of nitrogens with one attached hydrogen (secondary N) is 2. The smallest absolute Gasteiger partial charge is 0.248 e. The minimum Gasteiger partial charge on any atom is -0.385 e. The molecule has 0 saturated heterocycles. The predicted octanol–water partition coefficient (Wildman–Crippen LogP) is 1.34. The highest BCUT2D eigenvalue weighted by Gasteiger charge is 2.19. The van der Waals surface area contributed by atoms with E-state index in [0.717, 1.165) is 31.2 Å². The van der Waals surface area contributed by atoms with Gasteiger partial charge in [-0.3, -0.25) is 4.79 Å². The summed E-state index contributed by atoms with van der Waals surface area (Å²) in [7, 11) is 0. The summed E-state index contributed by atoms with van der Waals surface area (Å²) in [5, 5.41) is 6.78. The van der Waals surface area contributed by atoms with Crippen molar-refractivity contribution < 1.29 is 4.79 Å². The van der Waals surface area contributed by atoms with Crippen molar-refractivity contribution in [3.8, 4) is 0 Å². The van der Waals surface area contributed by atoms with Crippen molar-refractivity contribution in [1.82, 2.24) is 5.32 Å². The van der Waals surface area contributed by atoms with Crippen LogP contribution in [0.1, 0.15) is 29.6 Å². The van der Waals surface area contributed by atoms with E-state index in [2.05, 4.69) is 10.6 Å². The summed E-state index contributed by atoms with van der Waals surface area (Å²) in [4.78, 5) is 10.9. The molecule has 0 bridgehead atoms. The maximum absolute atomic E-state index is 10.9. The summed E-state index contributed by atoms with van der Waals surface area (Å²) in [6.07, 6.45) is 3.78. The Morgan fingerprint density at radius 3 is 2.53 bits per heavy atom. The van der Waals surface area contributed by atoms with Gasteiger partial charge in [0.25, 0.3) is 0 Å². The van der Waals surface area contributed by atoms with Crippen LogP contribution in [0.3, 0.4) is 0 Å². The van der Waals surface area contributed by atoms with E-state index in [-0.39, 0.29) is 5.91 Å². The van der Waals surface area contributed by atoms with Gasteiger partial charge in [-0.2, -0.15) is 0 Å². The lowest BCUT2D eigenvalue weighted by Crippen LogP contribution is -2.19. The molecule has 4 nitrogen and oxygen atoms in total. The molecule has 0 unspecified atom stereocenters. The van der Waals surface area contributed by atoms with Crippen LogP contribution in [0.4, 0.5) is 5.69 Å². The summed E-state index contributed by atoms with van der Waals surface area (Å²) < 4.78 is 0. The molecule has 1 aliphatic rings. The van der Waals surface area contributed by atoms with Gasteiger partial charge in [0.05, 0.1) is 0 Å². The fourth-order valence-corrected chi connectivity index (χ4v) is 1.67. The maximum Gasteiger partial charge on any atom is 0.248 e. The van der Waals surface area contributed by atoms with E-state index < -0.39 is 0 Å². The molecule has 1 aromatic rings. The number of primary amides is 1. The number of amides is 1. The highest BCUT2D eigenvalue weighted by molar-refractivity contribution is 5.93. The molecule has 1 aromatic carbocycles. The summed E-state index contributed by atoms with van der Waals surface area (Å²) >= 11 is 0. The molecular weight excluding hydrogens is 214 g/mol. The zero-order chi connectivity index (χ0) is 12.1. The van der Waals surface area contributed by atoms with Crippen molar-refractivity contribution in [2.24, 2.45) is 5.73 Å². The van der Waals surface area contributed by atoms with Crippen LogP contribution >= 0.6 is 0 Å². The van der Waals surface area contributed by atoms with Crippen LogP contribution in [0.2, 0.25) is 0 Å². The highest BCUT2D eigenvalue weighted by atomic mass is 16.1. The Bertz CT molecular complexity index is 371. The van der Waals surface area contributed by atoms with Gasteiger partial charge in [-0.25, -0.2) is 0 Å². The van der Waals surface area contributed by atoms with Gasteiger partial charge in [-0.05, 0) is 50.1 Å². The molecule has 2 rings (SSSR count). The first-order chi connectivity index (χ1) is 8.25. The second kappa shape index (κ2) is 5.68. The van der Waals surface area contributed by atoms with Gasteiger partial charge in [-0.15, -0.1) is 0 Å². The quantitative estimate of drug-likeness (QED) is 0.623. The molecule has 1 aliphatic carbocycles. The van der Waals surface area contributed by atoms with Crippen LogP contribution in [-0.2, 0) is 0 Å². The van der Waals surface area contributed by atoms with Gasteiger partial charge in [0.1, 0.15) is 0 Å². The molecule has 0 spiro atoms. The lowest BCUT2D eigenvalue weighted by molar-refractivity contribution is 0.100. The lowest BCUT2D eigenvalue weighted by atomic mass is 10.2. The number of hydrogen-bond acceptors (Lipinski definition) is 3. The normalized spacial score (nSPS) is 14.6. The van der Waals surface area contributed by atoms with Crippen molar-refractivity contribution in [2.45, 2.75) is 25.3 Å². The number of carbonyl (C=O) groups excluding carboxylic acids is 1. The van der Waals surface area contributed by atoms with E-state index in [1.54, 1.807) is 12.1 Å². The molecule has 1 saturated carbocycles. The van der Waals surface area contributed by atoms with E-state index in [9.17, 15) is 4.79 Å². The Kier molecular flexibility index (Phi) is 3.98. The Morgan fingerprint density at radius 1 is 1.24 bits per heavy atom. The minimum absolute atomic E-state index is 0.384. The Morgan fingerprint density at radius 2 is 1.94 bits per heavy atom. The Balaban J connectivity index is 1.65. The summed E-state index contributed by atoms with van der Waals surface area (Å²) in [5.74, 6) is -0.384. The molecule has 4 N–H and O–H groups in total. The Labute approximate surface area is 102 Å². The van der Waals surface area contributed by atoms with Crippen LogP contribution in [0.25, 0.3) is 0 Å². The number of carbonyl (C=O) groups is 1. The molecule has 0 aliphatic heterocycles. The Hall–Kier alpha value is -1.55. The first-order valence-corrected chi connectivity index (χ1v) is 6.13. The molecule has 0 radical (unpaired) electrons. The van der Waals surface area contributed by atoms with Gasteiger partial charge in [0.2, 0.25) is 5.91 Å². The number of hydrogen-bond donors (Lipinski definition) is 3. The van der Waals surface area contributed by atoms with Crippen molar-refractivity contribution in [3.63, 3.8) is 0 Å². The van der Waals surface area contributed by atoms with Crippen LogP contribution in [0.15, 0.2) is 24.3 Å². The zero-order valence-electron chi connectivity index (χ0n) is 9.91. The van der Waals surface area contributed by atoms with E-state index in [4.69, 9.17) is 5.73 Å². The summed E-state index contributed by atoms with van der Waals surface area (Å²) in [5.41, 5.74) is 6.75. The monoisotopic (exact) mass is 233 g/mol. The molecule has 17 heavy (non-hydrogen) atoms. The highest BCUT2D eigenvalue weighted by Crippen LogP contribution is 2.18. The SMILES string of the molecule is NC(=O)c1ccc(NCCCNC2CC2)cc1. The molecule has 4 heteroatoms. The van der Waals surface area contributed by atoms with Crippen molar-refractivity contribution in [2.75, 3.05) is 18.4 Å². The van der Waals surface area contributed by atoms with E-state index in [1.807, 2.05) is 12.1 Å². The van der Waals surface area contributed by atoms with Gasteiger partial charge in [0.15, 0.2) is 0 Å². The maximum atomic E-state index is 10.9. The average molecular weight is 233 g/mol. The molecule has 1 fully saturated rings. The topological polar surface area (TPSA) is 67.2 Å². The van der Waals surface area contributed by atoms with E-state index in [1.165, 1.54) is 12.8 Å². The van der Waals surface area contributed by atoms with Crippen LogP contribution in [0.5, 0.6) is 0 Å². The lowest BCUT2D eigenvalue weighted by Gasteiger charge is -2.07. The molecule has 1 amide bonds. The standard InChI is InChI=1S/C13H19N3O/c14-13(17)10-2-4-11(5-3-10)15-8-1-9-16-12-6-7-12/h2-5,12,15-16H,1,6-9H2,(H2,14,17). The zero-order valence-corrected chi connectivity index (χ0v) is 9.91. The fourth-order valence-electron chi connectivity index (χ4n) is 1.67. The summed E-state index contributed by atoms with van der Waals surface area (Å²) in [6.45, 7) is 2.01. The van der Waals surface area contributed by atoms with Gasteiger partial charge >= 0.3 is 0 Å². The van der Waals surface area contributed by atoms with Crippen molar-refractivity contribution in [1.29, 1.82) is 0 Å². The molecule has 0 heterocycles. The van der Waals surface area contributed by atoms with Gasteiger partial charge in [0, 0.05) is 23.8 Å². The third kappa shape index (κ3) is 4.07. The summed E-state index contributed by atoms with van der Waals surface area (Å²) in [6, 6.07) is 8.04. The largest absolute Gasteiger partial charge is 0.385 e. The van der Waals surface area contributed by atoms with Gasteiger partial charge < -0.3 is 16.4 Å². The second-order valence-electron chi connectivity index (χ2n) is 4.45. The van der Waals surface area contributed by atoms with Crippen molar-refractivity contribution >= 4 is 11.6 Å². The first-order valence-electron chi connectivity index (χ1n) is 6.13. The molecule has 0 aromatic heterocycles. The predicted molar refractivity (Wildman–Crippen MR) is 69.1 cm³/mol. The third-order valence-electron chi connectivity index (χ3n) is 2.86. The van der Waals surface area contributed by atoms with Crippen LogP contribution < -0.4 is 16.4 Å². The molecule has 92 valence electrons. The fraction of sp³-hybridized carbons (Fsp3) is 0.462. The number of nitrogens with two attached hydrogens (primary N) is 1. The average Bonchev–Trinajstić information content (AvgIpc) is 3.13. The number of benzene rings is 1. The van der Waals surface area contributed by atoms with Crippen LogP contribution in [-0.4, -0.2) is 25.0 Å². The van der Waals surface area contributed by atoms with E-state index >= 15 is 0 Å². The molecular formula is C13H19N3O. The second-order valence-corrected chi connectivity index (χ2v) is 4.45. The third-order valence-corrected chi connectivity index (χ3v) is 2.86. The minimum atomic E-state index is -0.384. The van der Waals surface area contributed by atoms with Crippen LogP contribution in [0, 0.1) is 0 Å². The molecule has 0 atom stereocenters. The first kappa shape index (κ1) is 11.9. The number of anilines is 1. The van der Waals surface area contributed by atoms with E-state index in [0.29, 0.717) is 5.56 Å².